The van der Waals surface area contributed by atoms with Gasteiger partial charge in [0.15, 0.2) is 0 Å². The van der Waals surface area contributed by atoms with Gasteiger partial charge < -0.3 is 0 Å². The number of hydrogen-bond acceptors (Lipinski definition) is 0. The zero-order valence-corrected chi connectivity index (χ0v) is 10.3. The summed E-state index contributed by atoms with van der Waals surface area (Å²) in [6.45, 7) is 6.41. The molecule has 0 aliphatic heterocycles. The summed E-state index contributed by atoms with van der Waals surface area (Å²) in [6, 6.07) is 6.66. The Morgan fingerprint density at radius 3 is 2.60 bits per heavy atom. The second-order valence-electron chi connectivity index (χ2n) is 4.64. The molecule has 1 aromatic carbocycles. The van der Waals surface area contributed by atoms with Crippen molar-refractivity contribution in [2.24, 2.45) is 5.41 Å². The minimum absolute atomic E-state index is 0.0456. The monoisotopic (exact) mass is 228 g/mol. The van der Waals surface area contributed by atoms with E-state index in [1.807, 2.05) is 6.07 Å². The van der Waals surface area contributed by atoms with E-state index in [4.69, 9.17) is 11.6 Å². The molecule has 1 rings (SSSR count). The molecule has 0 bridgehead atoms. The first kappa shape index (κ1) is 12.5. The highest BCUT2D eigenvalue weighted by Gasteiger charge is 2.25. The maximum atomic E-state index is 13.0. The minimum Gasteiger partial charge on any atom is -0.207 e. The lowest BCUT2D eigenvalue weighted by molar-refractivity contribution is 0.330. The van der Waals surface area contributed by atoms with Gasteiger partial charge in [-0.25, -0.2) is 4.39 Å². The van der Waals surface area contributed by atoms with Gasteiger partial charge in [0, 0.05) is 5.38 Å². The van der Waals surface area contributed by atoms with Crippen LogP contribution in [-0.2, 0) is 6.42 Å². The molecule has 15 heavy (non-hydrogen) atoms. The zero-order valence-electron chi connectivity index (χ0n) is 9.56. The van der Waals surface area contributed by atoms with E-state index in [0.717, 1.165) is 18.4 Å². The van der Waals surface area contributed by atoms with Crippen LogP contribution in [-0.4, -0.2) is 5.38 Å². The standard InChI is InChI=1S/C13H18ClF/c1-4-13(2,3)12(14)9-10-6-5-7-11(15)8-10/h5-8,12H,4,9H2,1-3H3. The summed E-state index contributed by atoms with van der Waals surface area (Å²) < 4.78 is 13.0. The van der Waals surface area contributed by atoms with Gasteiger partial charge in [0.1, 0.15) is 5.82 Å². The first-order valence-electron chi connectivity index (χ1n) is 5.34. The smallest absolute Gasteiger partial charge is 0.123 e. The van der Waals surface area contributed by atoms with Crippen LogP contribution in [0.25, 0.3) is 0 Å². The molecule has 0 amide bonds. The normalized spacial score (nSPS) is 13.9. The average molecular weight is 229 g/mol. The lowest BCUT2D eigenvalue weighted by Crippen LogP contribution is -2.25. The van der Waals surface area contributed by atoms with E-state index in [9.17, 15) is 4.39 Å². The molecule has 1 aromatic rings. The van der Waals surface area contributed by atoms with E-state index in [1.165, 1.54) is 6.07 Å². The quantitative estimate of drug-likeness (QED) is 0.670. The second kappa shape index (κ2) is 4.98. The summed E-state index contributed by atoms with van der Waals surface area (Å²) in [4.78, 5) is 0. The Hall–Kier alpha value is -0.560. The zero-order chi connectivity index (χ0) is 11.5. The average Bonchev–Trinajstić information content (AvgIpc) is 2.17. The molecule has 0 radical (unpaired) electrons. The van der Waals surface area contributed by atoms with E-state index < -0.39 is 0 Å². The van der Waals surface area contributed by atoms with Crippen LogP contribution in [0.1, 0.15) is 32.8 Å². The first-order valence-corrected chi connectivity index (χ1v) is 5.78. The van der Waals surface area contributed by atoms with Crippen molar-refractivity contribution in [3.63, 3.8) is 0 Å². The fourth-order valence-electron chi connectivity index (χ4n) is 1.37. The fraction of sp³-hybridized carbons (Fsp3) is 0.538. The largest absolute Gasteiger partial charge is 0.207 e. The van der Waals surface area contributed by atoms with Gasteiger partial charge >= 0.3 is 0 Å². The van der Waals surface area contributed by atoms with Crippen molar-refractivity contribution in [3.05, 3.63) is 35.6 Å². The molecule has 0 heterocycles. The van der Waals surface area contributed by atoms with Gasteiger partial charge in [0.2, 0.25) is 0 Å². The Morgan fingerprint density at radius 2 is 2.07 bits per heavy atom. The molecule has 0 spiro atoms. The molecule has 1 unspecified atom stereocenters. The highest BCUT2D eigenvalue weighted by Crippen LogP contribution is 2.31. The summed E-state index contributed by atoms with van der Waals surface area (Å²) in [7, 11) is 0. The predicted octanol–water partition coefficient (Wildman–Crippen LogP) is 4.41. The van der Waals surface area contributed by atoms with Crippen LogP contribution in [0.2, 0.25) is 0 Å². The maximum Gasteiger partial charge on any atom is 0.123 e. The fourth-order valence-corrected chi connectivity index (χ4v) is 1.70. The summed E-state index contributed by atoms with van der Waals surface area (Å²) in [5.41, 5.74) is 1.06. The second-order valence-corrected chi connectivity index (χ2v) is 5.17. The Labute approximate surface area is 96.5 Å². The number of alkyl halides is 1. The number of benzene rings is 1. The van der Waals surface area contributed by atoms with Crippen LogP contribution < -0.4 is 0 Å². The third-order valence-corrected chi connectivity index (χ3v) is 3.81. The van der Waals surface area contributed by atoms with Gasteiger partial charge in [0.25, 0.3) is 0 Å². The van der Waals surface area contributed by atoms with Crippen LogP contribution in [0.4, 0.5) is 4.39 Å². The van der Waals surface area contributed by atoms with Gasteiger partial charge in [-0.05, 0) is 36.0 Å². The Kier molecular flexibility index (Phi) is 4.15. The van der Waals surface area contributed by atoms with Crippen molar-refractivity contribution >= 4 is 11.6 Å². The summed E-state index contributed by atoms with van der Waals surface area (Å²) >= 11 is 6.34. The first-order chi connectivity index (χ1) is 6.95. The molecule has 0 aromatic heterocycles. The lowest BCUT2D eigenvalue weighted by Gasteiger charge is -2.28. The number of hydrogen-bond donors (Lipinski definition) is 0. The number of halogens is 2. The SMILES string of the molecule is CCC(C)(C)C(Cl)Cc1cccc(F)c1. The van der Waals surface area contributed by atoms with Crippen molar-refractivity contribution in [2.45, 2.75) is 39.0 Å². The third-order valence-electron chi connectivity index (χ3n) is 3.06. The minimum atomic E-state index is -0.189. The van der Waals surface area contributed by atoms with Gasteiger partial charge in [-0.15, -0.1) is 11.6 Å². The molecule has 0 nitrogen and oxygen atoms in total. The van der Waals surface area contributed by atoms with Gasteiger partial charge in [0.05, 0.1) is 0 Å². The molecule has 0 saturated heterocycles. The molecule has 0 aliphatic carbocycles. The molecular weight excluding hydrogens is 211 g/mol. The maximum absolute atomic E-state index is 13.0. The van der Waals surface area contributed by atoms with E-state index in [-0.39, 0.29) is 16.6 Å². The summed E-state index contributed by atoms with van der Waals surface area (Å²) in [5, 5.41) is 0.0456. The van der Waals surface area contributed by atoms with Gasteiger partial charge in [-0.2, -0.15) is 0 Å². The Bertz CT molecular complexity index is 320. The Balaban J connectivity index is 2.70. The molecule has 0 N–H and O–H groups in total. The van der Waals surface area contributed by atoms with Crippen LogP contribution in [0.3, 0.4) is 0 Å². The van der Waals surface area contributed by atoms with Crippen molar-refractivity contribution in [3.8, 4) is 0 Å². The van der Waals surface area contributed by atoms with E-state index >= 15 is 0 Å². The van der Waals surface area contributed by atoms with Crippen molar-refractivity contribution in [1.82, 2.24) is 0 Å². The third kappa shape index (κ3) is 3.49. The predicted molar refractivity (Wildman–Crippen MR) is 63.8 cm³/mol. The molecule has 0 aliphatic rings. The molecule has 2 heteroatoms. The number of rotatable bonds is 4. The van der Waals surface area contributed by atoms with Crippen molar-refractivity contribution in [1.29, 1.82) is 0 Å². The van der Waals surface area contributed by atoms with E-state index in [1.54, 1.807) is 12.1 Å². The molecule has 1 atom stereocenters. The summed E-state index contributed by atoms with van der Waals surface area (Å²) in [5.74, 6) is -0.189. The van der Waals surface area contributed by atoms with Crippen LogP contribution in [0.15, 0.2) is 24.3 Å². The van der Waals surface area contributed by atoms with E-state index in [0.29, 0.717) is 0 Å². The van der Waals surface area contributed by atoms with Crippen LogP contribution in [0, 0.1) is 11.2 Å². The summed E-state index contributed by atoms with van der Waals surface area (Å²) in [6.07, 6.45) is 1.75. The molecular formula is C13H18ClF. The van der Waals surface area contributed by atoms with Crippen LogP contribution >= 0.6 is 11.6 Å². The van der Waals surface area contributed by atoms with E-state index in [2.05, 4.69) is 20.8 Å². The molecule has 0 fully saturated rings. The topological polar surface area (TPSA) is 0 Å². The molecule has 0 saturated carbocycles. The van der Waals surface area contributed by atoms with Crippen molar-refractivity contribution in [2.75, 3.05) is 0 Å². The van der Waals surface area contributed by atoms with Gasteiger partial charge in [-0.3, -0.25) is 0 Å². The molecule has 84 valence electrons. The van der Waals surface area contributed by atoms with Crippen molar-refractivity contribution < 1.29 is 4.39 Å². The van der Waals surface area contributed by atoms with Crippen LogP contribution in [0.5, 0.6) is 0 Å². The highest BCUT2D eigenvalue weighted by molar-refractivity contribution is 6.21. The lowest BCUT2D eigenvalue weighted by atomic mass is 9.83. The highest BCUT2D eigenvalue weighted by atomic mass is 35.5. The van der Waals surface area contributed by atoms with Gasteiger partial charge in [-0.1, -0.05) is 32.9 Å². The Morgan fingerprint density at radius 1 is 1.40 bits per heavy atom.